The molecule has 0 aliphatic heterocycles. The van der Waals surface area contributed by atoms with Gasteiger partial charge in [-0.3, -0.25) is 4.79 Å². The Morgan fingerprint density at radius 2 is 1.81 bits per heavy atom. The van der Waals surface area contributed by atoms with Crippen molar-refractivity contribution in [2.75, 3.05) is 6.61 Å². The lowest BCUT2D eigenvalue weighted by Crippen LogP contribution is -2.07. The Kier molecular flexibility index (Phi) is 6.51. The summed E-state index contributed by atoms with van der Waals surface area (Å²) in [5, 5.41) is 0. The van der Waals surface area contributed by atoms with E-state index in [4.69, 9.17) is 4.74 Å². The van der Waals surface area contributed by atoms with Gasteiger partial charge < -0.3 is 4.74 Å². The van der Waals surface area contributed by atoms with E-state index >= 15 is 0 Å². The average molecular weight is 226 g/mol. The molecule has 0 bridgehead atoms. The lowest BCUT2D eigenvalue weighted by Gasteiger charge is -2.01. The largest absolute Gasteiger partial charge is 0.466 e. The molecule has 2 atom stereocenters. The van der Waals surface area contributed by atoms with Crippen molar-refractivity contribution in [2.24, 2.45) is 11.8 Å². The molecule has 0 saturated heterocycles. The second-order valence-corrected chi connectivity index (χ2v) is 4.91. The lowest BCUT2D eigenvalue weighted by atomic mass is 10.1. The number of hydrogen-bond donors (Lipinski definition) is 0. The van der Waals surface area contributed by atoms with Crippen LogP contribution in [0.5, 0.6) is 0 Å². The summed E-state index contributed by atoms with van der Waals surface area (Å²) in [6, 6.07) is 0. The van der Waals surface area contributed by atoms with Crippen molar-refractivity contribution in [2.45, 2.75) is 65.2 Å². The highest BCUT2D eigenvalue weighted by Gasteiger charge is 2.43. The highest BCUT2D eigenvalue weighted by atomic mass is 16.5. The minimum absolute atomic E-state index is 0.0403. The summed E-state index contributed by atoms with van der Waals surface area (Å²) >= 11 is 0. The zero-order chi connectivity index (χ0) is 11.8. The van der Waals surface area contributed by atoms with Gasteiger partial charge in [-0.2, -0.15) is 0 Å². The first-order valence-corrected chi connectivity index (χ1v) is 6.96. The summed E-state index contributed by atoms with van der Waals surface area (Å²) in [4.78, 5) is 11.4. The standard InChI is InChI=1S/C14H26O2/c1-3-5-6-7-8-9-10-12-11-13(12)14(15)16-4-2/h12-13H,3-11H2,1-2H3/t12?,13-/m1/s1. The van der Waals surface area contributed by atoms with Crippen LogP contribution in [0.25, 0.3) is 0 Å². The maximum Gasteiger partial charge on any atom is 0.309 e. The predicted octanol–water partition coefficient (Wildman–Crippen LogP) is 3.94. The van der Waals surface area contributed by atoms with Gasteiger partial charge in [0.25, 0.3) is 0 Å². The quantitative estimate of drug-likeness (QED) is 0.440. The minimum Gasteiger partial charge on any atom is -0.466 e. The normalized spacial score (nSPS) is 23.1. The Hall–Kier alpha value is -0.530. The van der Waals surface area contributed by atoms with E-state index in [1.807, 2.05) is 6.92 Å². The van der Waals surface area contributed by atoms with E-state index < -0.39 is 0 Å². The van der Waals surface area contributed by atoms with Crippen LogP contribution in [0.2, 0.25) is 0 Å². The fraction of sp³-hybridized carbons (Fsp3) is 0.929. The van der Waals surface area contributed by atoms with Crippen LogP contribution in [0.1, 0.15) is 65.2 Å². The molecule has 1 unspecified atom stereocenters. The summed E-state index contributed by atoms with van der Waals surface area (Å²) in [7, 11) is 0. The molecule has 1 rings (SSSR count). The molecule has 1 aliphatic rings. The molecule has 94 valence electrons. The van der Waals surface area contributed by atoms with Crippen molar-refractivity contribution >= 4 is 5.97 Å². The highest BCUT2D eigenvalue weighted by molar-refractivity contribution is 5.75. The first kappa shape index (κ1) is 13.5. The monoisotopic (exact) mass is 226 g/mol. The highest BCUT2D eigenvalue weighted by Crippen LogP contribution is 2.43. The van der Waals surface area contributed by atoms with E-state index in [-0.39, 0.29) is 11.9 Å². The molecule has 1 aliphatic carbocycles. The molecule has 0 amide bonds. The molecule has 0 N–H and O–H groups in total. The van der Waals surface area contributed by atoms with E-state index in [1.165, 1.54) is 44.9 Å². The molecular weight excluding hydrogens is 200 g/mol. The van der Waals surface area contributed by atoms with Gasteiger partial charge in [-0.1, -0.05) is 45.4 Å². The summed E-state index contributed by atoms with van der Waals surface area (Å²) < 4.78 is 5.02. The molecule has 0 aromatic carbocycles. The van der Waals surface area contributed by atoms with Crippen molar-refractivity contribution in [3.05, 3.63) is 0 Å². The van der Waals surface area contributed by atoms with Crippen LogP contribution in [-0.2, 0) is 9.53 Å². The van der Waals surface area contributed by atoms with Gasteiger partial charge in [0.05, 0.1) is 12.5 Å². The smallest absolute Gasteiger partial charge is 0.309 e. The van der Waals surface area contributed by atoms with Gasteiger partial charge in [0, 0.05) is 0 Å². The zero-order valence-corrected chi connectivity index (χ0v) is 10.8. The summed E-state index contributed by atoms with van der Waals surface area (Å²) in [5.74, 6) is 0.930. The molecule has 1 fully saturated rings. The van der Waals surface area contributed by atoms with E-state index in [0.717, 1.165) is 6.42 Å². The molecule has 0 spiro atoms. The third-order valence-electron chi connectivity index (χ3n) is 3.44. The van der Waals surface area contributed by atoms with E-state index in [2.05, 4.69) is 6.92 Å². The summed E-state index contributed by atoms with van der Waals surface area (Å²) in [6.07, 6.45) is 10.4. The second-order valence-electron chi connectivity index (χ2n) is 4.91. The van der Waals surface area contributed by atoms with E-state index in [0.29, 0.717) is 12.5 Å². The van der Waals surface area contributed by atoms with Crippen LogP contribution in [0, 0.1) is 11.8 Å². The summed E-state index contributed by atoms with van der Waals surface area (Å²) in [5.41, 5.74) is 0. The number of ether oxygens (including phenoxy) is 1. The van der Waals surface area contributed by atoms with Crippen molar-refractivity contribution in [3.8, 4) is 0 Å². The molecule has 0 aromatic rings. The van der Waals surface area contributed by atoms with Gasteiger partial charge in [0.1, 0.15) is 0 Å². The van der Waals surface area contributed by atoms with Crippen LogP contribution >= 0.6 is 0 Å². The van der Waals surface area contributed by atoms with Crippen molar-refractivity contribution in [1.82, 2.24) is 0 Å². The molecule has 1 saturated carbocycles. The van der Waals surface area contributed by atoms with Crippen molar-refractivity contribution in [3.63, 3.8) is 0 Å². The van der Waals surface area contributed by atoms with Crippen LogP contribution in [0.15, 0.2) is 0 Å². The molecule has 2 nitrogen and oxygen atoms in total. The van der Waals surface area contributed by atoms with Crippen molar-refractivity contribution in [1.29, 1.82) is 0 Å². The second kappa shape index (κ2) is 7.70. The third kappa shape index (κ3) is 5.00. The van der Waals surface area contributed by atoms with Crippen LogP contribution in [0.3, 0.4) is 0 Å². The van der Waals surface area contributed by atoms with E-state index in [9.17, 15) is 4.79 Å². The number of rotatable bonds is 9. The van der Waals surface area contributed by atoms with Gasteiger partial charge in [0.2, 0.25) is 0 Å². The fourth-order valence-electron chi connectivity index (χ4n) is 2.29. The van der Waals surface area contributed by atoms with Gasteiger partial charge in [-0.05, 0) is 25.7 Å². The molecule has 0 heterocycles. The lowest BCUT2D eigenvalue weighted by molar-refractivity contribution is -0.145. The number of esters is 1. The Morgan fingerprint density at radius 3 is 2.50 bits per heavy atom. The van der Waals surface area contributed by atoms with Crippen LogP contribution < -0.4 is 0 Å². The SMILES string of the molecule is CCCCCCCCC1C[C@H]1C(=O)OCC. The first-order chi connectivity index (χ1) is 7.79. The maximum absolute atomic E-state index is 11.4. The minimum atomic E-state index is 0.0403. The molecule has 0 aromatic heterocycles. The summed E-state index contributed by atoms with van der Waals surface area (Å²) in [6.45, 7) is 4.65. The zero-order valence-electron chi connectivity index (χ0n) is 10.8. The molecule has 0 radical (unpaired) electrons. The first-order valence-electron chi connectivity index (χ1n) is 6.96. The average Bonchev–Trinajstić information content (AvgIpc) is 3.03. The molecular formula is C14H26O2. The van der Waals surface area contributed by atoms with Gasteiger partial charge >= 0.3 is 5.97 Å². The van der Waals surface area contributed by atoms with Gasteiger partial charge in [0.15, 0.2) is 0 Å². The Morgan fingerprint density at radius 1 is 1.12 bits per heavy atom. The molecule has 16 heavy (non-hydrogen) atoms. The Bertz CT molecular complexity index is 201. The number of carbonyl (C=O) groups is 1. The maximum atomic E-state index is 11.4. The number of hydrogen-bond acceptors (Lipinski definition) is 2. The third-order valence-corrected chi connectivity index (χ3v) is 3.44. The van der Waals surface area contributed by atoms with Crippen molar-refractivity contribution < 1.29 is 9.53 Å². The number of carbonyl (C=O) groups excluding carboxylic acids is 1. The van der Waals surface area contributed by atoms with Gasteiger partial charge in [-0.15, -0.1) is 0 Å². The Labute approximate surface area is 99.8 Å². The number of unbranched alkanes of at least 4 members (excludes halogenated alkanes) is 5. The van der Waals surface area contributed by atoms with Gasteiger partial charge in [-0.25, -0.2) is 0 Å². The predicted molar refractivity (Wildman–Crippen MR) is 66.2 cm³/mol. The fourth-order valence-corrected chi connectivity index (χ4v) is 2.29. The van der Waals surface area contributed by atoms with E-state index in [1.54, 1.807) is 0 Å². The molecule has 2 heteroatoms. The van der Waals surface area contributed by atoms with Crippen LogP contribution in [0.4, 0.5) is 0 Å². The topological polar surface area (TPSA) is 26.3 Å². The Balaban J connectivity index is 1.90. The van der Waals surface area contributed by atoms with Crippen LogP contribution in [-0.4, -0.2) is 12.6 Å².